The molecule has 21 heavy (non-hydrogen) atoms. The van der Waals surface area contributed by atoms with E-state index in [9.17, 15) is 13.0 Å². The first kappa shape index (κ1) is 13.7. The molecule has 0 saturated carbocycles. The third-order valence-corrected chi connectivity index (χ3v) is 3.89. The highest BCUT2D eigenvalue weighted by Crippen LogP contribution is 2.39. The second-order valence-corrected chi connectivity index (χ2v) is 5.84. The lowest BCUT2D eigenvalue weighted by Crippen LogP contribution is -2.15. The smallest absolute Gasteiger partial charge is 0.296 e. The Kier molecular flexibility index (Phi) is 3.44. The van der Waals surface area contributed by atoms with Crippen LogP contribution in [0.2, 0.25) is 0 Å². The predicted molar refractivity (Wildman–Crippen MR) is 77.6 cm³/mol. The molecule has 7 heteroatoms. The number of rotatable bonds is 3. The van der Waals surface area contributed by atoms with Crippen molar-refractivity contribution in [3.63, 3.8) is 0 Å². The summed E-state index contributed by atoms with van der Waals surface area (Å²) in [6.07, 6.45) is 2.88. The molecule has 0 bridgehead atoms. The van der Waals surface area contributed by atoms with Crippen molar-refractivity contribution in [2.24, 2.45) is 0 Å². The van der Waals surface area contributed by atoms with Crippen LogP contribution in [0.15, 0.2) is 36.5 Å². The molecule has 0 saturated heterocycles. The van der Waals surface area contributed by atoms with Crippen molar-refractivity contribution in [2.45, 2.75) is 0 Å². The normalized spacial score (nSPS) is 15.0. The van der Waals surface area contributed by atoms with Crippen LogP contribution in [-0.4, -0.2) is 31.2 Å². The molecule has 0 atom stereocenters. The van der Waals surface area contributed by atoms with Crippen LogP contribution in [0, 0.1) is 0 Å². The van der Waals surface area contributed by atoms with Gasteiger partial charge in [-0.3, -0.25) is 4.55 Å². The Bertz CT molecular complexity index is 777. The van der Waals surface area contributed by atoms with Gasteiger partial charge in [0.05, 0.1) is 0 Å². The molecule has 0 unspecified atom stereocenters. The molecule has 0 radical (unpaired) electrons. The Morgan fingerprint density at radius 1 is 1.19 bits per heavy atom. The van der Waals surface area contributed by atoms with E-state index in [0.717, 1.165) is 0 Å². The van der Waals surface area contributed by atoms with Crippen LogP contribution in [0.4, 0.5) is 0 Å². The summed E-state index contributed by atoms with van der Waals surface area (Å²) >= 11 is 0. The van der Waals surface area contributed by atoms with Gasteiger partial charge in [0, 0.05) is 6.20 Å². The SMILES string of the molecule is O=S(=O)(O)C(=Cc1ccccc1)c1[nH]cc2c1OCCO2. The summed E-state index contributed by atoms with van der Waals surface area (Å²) in [4.78, 5) is 2.52. The van der Waals surface area contributed by atoms with Crippen molar-refractivity contribution in [3.05, 3.63) is 47.8 Å². The maximum atomic E-state index is 11.7. The summed E-state index contributed by atoms with van der Waals surface area (Å²) < 4.78 is 43.7. The Labute approximate surface area is 121 Å². The second-order valence-electron chi connectivity index (χ2n) is 4.45. The standard InChI is InChI=1S/C14H13NO5S/c16-21(17,18)12(8-10-4-2-1-3-5-10)13-14-11(9-15-13)19-6-7-20-14/h1-5,8-9,15H,6-7H2,(H,16,17,18). The van der Waals surface area contributed by atoms with Crippen molar-refractivity contribution in [1.82, 2.24) is 4.98 Å². The minimum absolute atomic E-state index is 0.177. The number of aromatic nitrogens is 1. The molecule has 1 aromatic carbocycles. The fraction of sp³-hybridized carbons (Fsp3) is 0.143. The third kappa shape index (κ3) is 2.79. The lowest BCUT2D eigenvalue weighted by molar-refractivity contribution is 0.173. The van der Waals surface area contributed by atoms with Gasteiger partial charge < -0.3 is 14.5 Å². The van der Waals surface area contributed by atoms with Crippen LogP contribution in [0.3, 0.4) is 0 Å². The molecule has 3 rings (SSSR count). The van der Waals surface area contributed by atoms with Gasteiger partial charge in [-0.15, -0.1) is 0 Å². The average molecular weight is 307 g/mol. The van der Waals surface area contributed by atoms with E-state index in [1.807, 2.05) is 6.07 Å². The van der Waals surface area contributed by atoms with Crippen LogP contribution in [-0.2, 0) is 10.1 Å². The topological polar surface area (TPSA) is 88.6 Å². The van der Waals surface area contributed by atoms with E-state index in [2.05, 4.69) is 4.98 Å². The van der Waals surface area contributed by atoms with Gasteiger partial charge >= 0.3 is 0 Å². The molecular formula is C14H13NO5S. The monoisotopic (exact) mass is 307 g/mol. The highest BCUT2D eigenvalue weighted by atomic mass is 32.2. The molecule has 2 N–H and O–H groups in total. The summed E-state index contributed by atoms with van der Waals surface area (Å²) in [5, 5.41) is 0. The number of hydrogen-bond acceptors (Lipinski definition) is 4. The van der Waals surface area contributed by atoms with E-state index < -0.39 is 10.1 Å². The summed E-state index contributed by atoms with van der Waals surface area (Å²) in [6.45, 7) is 0.718. The highest BCUT2D eigenvalue weighted by Gasteiger charge is 2.27. The summed E-state index contributed by atoms with van der Waals surface area (Å²) in [7, 11) is -4.43. The van der Waals surface area contributed by atoms with Gasteiger partial charge in [-0.05, 0) is 11.6 Å². The number of H-pyrrole nitrogens is 1. The highest BCUT2D eigenvalue weighted by molar-refractivity contribution is 7.95. The summed E-state index contributed by atoms with van der Waals surface area (Å²) in [6, 6.07) is 8.84. The number of aromatic amines is 1. The maximum absolute atomic E-state index is 11.7. The lowest BCUT2D eigenvalue weighted by atomic mass is 10.2. The van der Waals surface area contributed by atoms with Crippen molar-refractivity contribution < 1.29 is 22.4 Å². The number of ether oxygens (including phenoxy) is 2. The number of fused-ring (bicyclic) bond motifs is 1. The molecule has 1 aromatic heterocycles. The summed E-state index contributed by atoms with van der Waals surface area (Å²) in [5.74, 6) is 0.722. The summed E-state index contributed by atoms with van der Waals surface area (Å²) in [5.41, 5.74) is 0.821. The van der Waals surface area contributed by atoms with Crippen molar-refractivity contribution in [3.8, 4) is 11.5 Å². The first-order valence-electron chi connectivity index (χ1n) is 6.27. The van der Waals surface area contributed by atoms with E-state index in [0.29, 0.717) is 30.3 Å². The zero-order valence-corrected chi connectivity index (χ0v) is 11.8. The Balaban J connectivity index is 2.14. The molecule has 0 spiro atoms. The molecule has 0 aliphatic carbocycles. The number of benzene rings is 1. The quantitative estimate of drug-likeness (QED) is 0.848. The van der Waals surface area contributed by atoms with Gasteiger partial charge in [0.2, 0.25) is 0 Å². The molecule has 2 heterocycles. The van der Waals surface area contributed by atoms with Gasteiger partial charge in [-0.2, -0.15) is 8.42 Å². The zero-order chi connectivity index (χ0) is 14.9. The van der Waals surface area contributed by atoms with Crippen LogP contribution in [0.1, 0.15) is 11.3 Å². The first-order valence-corrected chi connectivity index (χ1v) is 7.71. The fourth-order valence-corrected chi connectivity index (χ4v) is 2.79. The van der Waals surface area contributed by atoms with E-state index >= 15 is 0 Å². The van der Waals surface area contributed by atoms with Crippen LogP contribution < -0.4 is 9.47 Å². The van der Waals surface area contributed by atoms with E-state index in [-0.39, 0.29) is 10.6 Å². The van der Waals surface area contributed by atoms with Gasteiger partial charge in [0.25, 0.3) is 10.1 Å². The second kappa shape index (κ2) is 5.27. The van der Waals surface area contributed by atoms with Crippen LogP contribution >= 0.6 is 0 Å². The van der Waals surface area contributed by atoms with Crippen molar-refractivity contribution in [1.29, 1.82) is 0 Å². The third-order valence-electron chi connectivity index (χ3n) is 3.01. The predicted octanol–water partition coefficient (Wildman–Crippen LogP) is 2.17. The number of nitrogens with one attached hydrogen (secondary N) is 1. The van der Waals surface area contributed by atoms with E-state index in [1.165, 1.54) is 12.3 Å². The molecule has 2 aromatic rings. The molecule has 6 nitrogen and oxygen atoms in total. The minimum atomic E-state index is -4.43. The van der Waals surface area contributed by atoms with Gasteiger partial charge in [-0.1, -0.05) is 30.3 Å². The van der Waals surface area contributed by atoms with Crippen LogP contribution in [0.25, 0.3) is 11.0 Å². The van der Waals surface area contributed by atoms with Crippen molar-refractivity contribution >= 4 is 21.1 Å². The molecule has 0 fully saturated rings. The van der Waals surface area contributed by atoms with Gasteiger partial charge in [-0.25, -0.2) is 0 Å². The Morgan fingerprint density at radius 2 is 1.90 bits per heavy atom. The number of hydrogen-bond donors (Lipinski definition) is 2. The van der Waals surface area contributed by atoms with Crippen molar-refractivity contribution in [2.75, 3.05) is 13.2 Å². The Hall–Kier alpha value is -2.25. The Morgan fingerprint density at radius 3 is 2.62 bits per heavy atom. The van der Waals surface area contributed by atoms with Crippen LogP contribution in [0.5, 0.6) is 11.5 Å². The fourth-order valence-electron chi connectivity index (χ4n) is 2.10. The minimum Gasteiger partial charge on any atom is -0.485 e. The molecule has 110 valence electrons. The molecule has 1 aliphatic heterocycles. The molecule has 0 amide bonds. The first-order chi connectivity index (χ1) is 10.1. The molecule has 1 aliphatic rings. The zero-order valence-electron chi connectivity index (χ0n) is 10.9. The maximum Gasteiger partial charge on any atom is 0.296 e. The van der Waals surface area contributed by atoms with E-state index in [4.69, 9.17) is 9.47 Å². The van der Waals surface area contributed by atoms with Gasteiger partial charge in [0.15, 0.2) is 11.5 Å². The molecular weight excluding hydrogens is 294 g/mol. The lowest BCUT2D eigenvalue weighted by Gasteiger charge is -2.16. The largest absolute Gasteiger partial charge is 0.485 e. The van der Waals surface area contributed by atoms with Gasteiger partial charge in [0.1, 0.15) is 23.8 Å². The average Bonchev–Trinajstić information content (AvgIpc) is 2.88. The van der Waals surface area contributed by atoms with E-state index in [1.54, 1.807) is 24.3 Å².